The summed E-state index contributed by atoms with van der Waals surface area (Å²) in [5.74, 6) is 0. The SMILES string of the molecule is C=CSP(=S)(SC=C)Sc1ccccc1. The van der Waals surface area contributed by atoms with Crippen molar-refractivity contribution in [3.05, 3.63) is 54.3 Å². The molecule has 5 heteroatoms. The van der Waals surface area contributed by atoms with Crippen LogP contribution in [0.1, 0.15) is 0 Å². The third-order valence-corrected chi connectivity index (χ3v) is 13.3. The minimum atomic E-state index is -1.59. The molecule has 0 fully saturated rings. The van der Waals surface area contributed by atoms with Crippen LogP contribution in [0.15, 0.2) is 59.2 Å². The van der Waals surface area contributed by atoms with Gasteiger partial charge in [-0.3, -0.25) is 0 Å². The van der Waals surface area contributed by atoms with Gasteiger partial charge in [-0.05, 0) is 22.9 Å². The van der Waals surface area contributed by atoms with E-state index in [9.17, 15) is 0 Å². The summed E-state index contributed by atoms with van der Waals surface area (Å²) in [7, 11) is 0. The number of benzene rings is 1. The van der Waals surface area contributed by atoms with E-state index in [2.05, 4.69) is 25.3 Å². The summed E-state index contributed by atoms with van der Waals surface area (Å²) in [6.07, 6.45) is 0. The van der Waals surface area contributed by atoms with Crippen LogP contribution in [0.3, 0.4) is 0 Å². The van der Waals surface area contributed by atoms with Crippen LogP contribution in [0, 0.1) is 0 Å². The van der Waals surface area contributed by atoms with Crippen LogP contribution in [-0.4, -0.2) is 0 Å². The fourth-order valence-corrected chi connectivity index (χ4v) is 11.4. The maximum atomic E-state index is 5.64. The van der Waals surface area contributed by atoms with Crippen molar-refractivity contribution in [1.29, 1.82) is 0 Å². The molecule has 0 radical (unpaired) electrons. The van der Waals surface area contributed by atoms with Gasteiger partial charge in [0, 0.05) is 4.90 Å². The molecule has 0 nitrogen and oxygen atoms in total. The Morgan fingerprint density at radius 1 is 1.07 bits per heavy atom. The van der Waals surface area contributed by atoms with Gasteiger partial charge in [0.15, 0.2) is 0 Å². The molecular weight excluding hydrogens is 279 g/mol. The highest BCUT2D eigenvalue weighted by Crippen LogP contribution is 2.80. The lowest BCUT2D eigenvalue weighted by atomic mass is 10.4. The predicted molar refractivity (Wildman–Crippen MR) is 82.2 cm³/mol. The van der Waals surface area contributed by atoms with Gasteiger partial charge in [0.05, 0.1) is 0 Å². The van der Waals surface area contributed by atoms with E-state index in [0.29, 0.717) is 0 Å². The summed E-state index contributed by atoms with van der Waals surface area (Å²) in [6, 6.07) is 10.2. The molecule has 0 atom stereocenters. The Balaban J connectivity index is 2.79. The van der Waals surface area contributed by atoms with Crippen molar-refractivity contribution in [1.82, 2.24) is 0 Å². The molecule has 0 saturated carbocycles. The van der Waals surface area contributed by atoms with Gasteiger partial charge < -0.3 is 0 Å². The highest BCUT2D eigenvalue weighted by Gasteiger charge is 2.17. The van der Waals surface area contributed by atoms with Crippen LogP contribution >= 0.6 is 37.8 Å². The monoisotopic (exact) mass is 290 g/mol. The van der Waals surface area contributed by atoms with Crippen LogP contribution in [0.5, 0.6) is 0 Å². The lowest BCUT2D eigenvalue weighted by Crippen LogP contribution is -1.66. The largest absolute Gasteiger partial charge is 0.121 e. The molecule has 0 bridgehead atoms. The molecule has 0 aromatic heterocycles. The van der Waals surface area contributed by atoms with Gasteiger partial charge in [-0.1, -0.05) is 77.3 Å². The van der Waals surface area contributed by atoms with E-state index in [1.807, 2.05) is 29.0 Å². The predicted octanol–water partition coefficient (Wildman–Crippen LogP) is 5.76. The van der Waals surface area contributed by atoms with Gasteiger partial charge >= 0.3 is 0 Å². The van der Waals surface area contributed by atoms with Crippen LogP contribution in [0.4, 0.5) is 0 Å². The molecule has 0 heterocycles. The van der Waals surface area contributed by atoms with Gasteiger partial charge in [0.25, 0.3) is 0 Å². The van der Waals surface area contributed by atoms with Gasteiger partial charge in [0.2, 0.25) is 0 Å². The first-order valence-electron chi connectivity index (χ1n) is 4.13. The van der Waals surface area contributed by atoms with Crippen molar-refractivity contribution in [3.8, 4) is 0 Å². The first-order valence-corrected chi connectivity index (χ1v) is 11.3. The molecular formula is C10H11PS4. The zero-order valence-electron chi connectivity index (χ0n) is 8.04. The Labute approximate surface area is 108 Å². The third kappa shape index (κ3) is 4.83. The summed E-state index contributed by atoms with van der Waals surface area (Å²) in [6.45, 7) is 7.47. The molecule has 1 aromatic carbocycles. The van der Waals surface area contributed by atoms with E-state index in [0.717, 1.165) is 0 Å². The molecule has 80 valence electrons. The zero-order valence-corrected chi connectivity index (χ0v) is 12.2. The normalized spacial score (nSPS) is 10.9. The molecule has 0 aliphatic rings. The lowest BCUT2D eigenvalue weighted by Gasteiger charge is -2.15. The maximum absolute atomic E-state index is 5.64. The minimum absolute atomic E-state index is 1.21. The van der Waals surface area contributed by atoms with Crippen molar-refractivity contribution in [2.45, 2.75) is 4.90 Å². The van der Waals surface area contributed by atoms with Crippen LogP contribution < -0.4 is 0 Å². The number of hydrogen-bond donors (Lipinski definition) is 0. The van der Waals surface area contributed by atoms with E-state index in [-0.39, 0.29) is 0 Å². The fraction of sp³-hybridized carbons (Fsp3) is 0. The van der Waals surface area contributed by atoms with E-state index < -0.39 is 3.64 Å². The van der Waals surface area contributed by atoms with Crippen LogP contribution in [0.2, 0.25) is 0 Å². The Bertz CT molecular complexity index is 360. The highest BCUT2D eigenvalue weighted by molar-refractivity contribution is 9.23. The van der Waals surface area contributed by atoms with Crippen LogP contribution in [-0.2, 0) is 11.8 Å². The molecule has 0 unspecified atom stereocenters. The standard InChI is InChI=1S/C10H11PS4/c1-3-13-11(12,14-4-2)15-10-8-6-5-7-9-10/h3-9H,1-2H2. The summed E-state index contributed by atoms with van der Waals surface area (Å²) < 4.78 is -1.59. The van der Waals surface area contributed by atoms with Gasteiger partial charge in [-0.25, -0.2) is 0 Å². The molecule has 0 amide bonds. The first kappa shape index (κ1) is 13.5. The average molecular weight is 290 g/mol. The first-order chi connectivity index (χ1) is 7.20. The van der Waals surface area contributed by atoms with Crippen molar-refractivity contribution in [2.75, 3.05) is 0 Å². The molecule has 15 heavy (non-hydrogen) atoms. The Morgan fingerprint density at radius 3 is 2.07 bits per heavy atom. The van der Waals surface area contributed by atoms with Gasteiger partial charge in [0.1, 0.15) is 3.64 Å². The number of rotatable bonds is 6. The van der Waals surface area contributed by atoms with E-state index in [1.54, 1.807) is 34.1 Å². The smallest absolute Gasteiger partial charge is 0.0923 e. The topological polar surface area (TPSA) is 0 Å². The third-order valence-electron chi connectivity index (χ3n) is 1.37. The van der Waals surface area contributed by atoms with E-state index in [1.165, 1.54) is 4.90 Å². The second kappa shape index (κ2) is 6.87. The maximum Gasteiger partial charge on any atom is 0.121 e. The van der Waals surface area contributed by atoms with Crippen molar-refractivity contribution in [2.24, 2.45) is 0 Å². The van der Waals surface area contributed by atoms with Crippen molar-refractivity contribution < 1.29 is 0 Å². The van der Waals surface area contributed by atoms with E-state index in [4.69, 9.17) is 11.8 Å². The van der Waals surface area contributed by atoms with Crippen molar-refractivity contribution >= 4 is 49.6 Å². The minimum Gasteiger partial charge on any atom is -0.0923 e. The summed E-state index contributed by atoms with van der Waals surface area (Å²) in [5, 5.41) is 3.65. The second-order valence-electron chi connectivity index (χ2n) is 2.40. The molecule has 0 N–H and O–H groups in total. The Hall–Kier alpha value is 0.400. The summed E-state index contributed by atoms with van der Waals surface area (Å²) >= 11 is 10.7. The molecule has 0 aliphatic carbocycles. The van der Waals surface area contributed by atoms with Gasteiger partial charge in [-0.15, -0.1) is 0 Å². The summed E-state index contributed by atoms with van der Waals surface area (Å²) in [4.78, 5) is 1.21. The Morgan fingerprint density at radius 2 is 1.60 bits per heavy atom. The lowest BCUT2D eigenvalue weighted by molar-refractivity contribution is 1.48. The number of hydrogen-bond acceptors (Lipinski definition) is 4. The average Bonchev–Trinajstić information content (AvgIpc) is 2.19. The summed E-state index contributed by atoms with van der Waals surface area (Å²) in [5.41, 5.74) is 0. The van der Waals surface area contributed by atoms with Crippen LogP contribution in [0.25, 0.3) is 0 Å². The fourth-order valence-electron chi connectivity index (χ4n) is 0.861. The molecule has 0 saturated heterocycles. The van der Waals surface area contributed by atoms with Gasteiger partial charge in [-0.2, -0.15) is 0 Å². The molecule has 1 rings (SSSR count). The molecule has 1 aromatic rings. The highest BCUT2D eigenvalue weighted by atomic mass is 33.5. The quantitative estimate of drug-likeness (QED) is 0.611. The second-order valence-corrected chi connectivity index (χ2v) is 17.6. The Kier molecular flexibility index (Phi) is 6.17. The van der Waals surface area contributed by atoms with Crippen molar-refractivity contribution in [3.63, 3.8) is 0 Å². The molecule has 0 spiro atoms. The van der Waals surface area contributed by atoms with E-state index >= 15 is 0 Å². The molecule has 0 aliphatic heterocycles. The zero-order chi connectivity index (χ0) is 11.1.